The SMILES string of the molecule is C/C(O)=C/C(=O)OCc1ccccc1.[Co]. The molecular weight excluding hydrogens is 239 g/mol. The molecule has 0 amide bonds. The molecule has 1 aromatic carbocycles. The van der Waals surface area contributed by atoms with E-state index < -0.39 is 5.97 Å². The molecule has 3 nitrogen and oxygen atoms in total. The van der Waals surface area contributed by atoms with Crippen LogP contribution in [0, 0.1) is 0 Å². The van der Waals surface area contributed by atoms with Crippen LogP contribution in [-0.2, 0) is 32.9 Å². The molecule has 0 spiro atoms. The molecule has 0 aliphatic carbocycles. The second-order valence-electron chi connectivity index (χ2n) is 2.88. The van der Waals surface area contributed by atoms with Gasteiger partial charge in [-0.2, -0.15) is 0 Å². The average molecular weight is 251 g/mol. The van der Waals surface area contributed by atoms with Gasteiger partial charge in [-0.3, -0.25) is 0 Å². The van der Waals surface area contributed by atoms with Crippen molar-refractivity contribution in [3.05, 3.63) is 47.7 Å². The minimum Gasteiger partial charge on any atom is -0.512 e. The van der Waals surface area contributed by atoms with Crippen molar-refractivity contribution in [2.45, 2.75) is 13.5 Å². The first-order valence-electron chi connectivity index (χ1n) is 4.26. The van der Waals surface area contributed by atoms with Gasteiger partial charge in [0, 0.05) is 16.8 Å². The van der Waals surface area contributed by atoms with Crippen LogP contribution in [0.5, 0.6) is 0 Å². The molecular formula is C11H12CoO3. The van der Waals surface area contributed by atoms with Crippen molar-refractivity contribution in [2.75, 3.05) is 0 Å². The van der Waals surface area contributed by atoms with Gasteiger partial charge in [-0.1, -0.05) is 30.3 Å². The molecule has 0 saturated heterocycles. The van der Waals surface area contributed by atoms with Crippen molar-refractivity contribution in [2.24, 2.45) is 0 Å². The van der Waals surface area contributed by atoms with Gasteiger partial charge in [0.25, 0.3) is 0 Å². The molecule has 0 aromatic heterocycles. The Labute approximate surface area is 99.0 Å². The number of esters is 1. The zero-order valence-electron chi connectivity index (χ0n) is 8.27. The van der Waals surface area contributed by atoms with Crippen LogP contribution in [0.4, 0.5) is 0 Å². The molecule has 0 aliphatic heterocycles. The summed E-state index contributed by atoms with van der Waals surface area (Å²) in [7, 11) is 0. The van der Waals surface area contributed by atoms with Gasteiger partial charge in [0.05, 0.1) is 11.8 Å². The summed E-state index contributed by atoms with van der Waals surface area (Å²) in [6.07, 6.45) is 1.04. The summed E-state index contributed by atoms with van der Waals surface area (Å²) in [5.74, 6) is -0.586. The van der Waals surface area contributed by atoms with Gasteiger partial charge in [0.2, 0.25) is 0 Å². The van der Waals surface area contributed by atoms with Gasteiger partial charge in [0.1, 0.15) is 6.61 Å². The molecule has 1 N–H and O–H groups in total. The van der Waals surface area contributed by atoms with E-state index in [-0.39, 0.29) is 29.1 Å². The molecule has 83 valence electrons. The number of hydrogen-bond acceptors (Lipinski definition) is 3. The molecule has 1 rings (SSSR count). The van der Waals surface area contributed by atoms with Gasteiger partial charge in [-0.05, 0) is 12.5 Å². The van der Waals surface area contributed by atoms with Crippen molar-refractivity contribution in [3.8, 4) is 0 Å². The number of rotatable bonds is 3. The summed E-state index contributed by atoms with van der Waals surface area (Å²) in [5.41, 5.74) is 0.921. The summed E-state index contributed by atoms with van der Waals surface area (Å²) in [6.45, 7) is 1.65. The summed E-state index contributed by atoms with van der Waals surface area (Å²) in [5, 5.41) is 8.78. The maximum Gasteiger partial charge on any atom is 0.334 e. The van der Waals surface area contributed by atoms with E-state index in [1.807, 2.05) is 30.3 Å². The third-order valence-electron chi connectivity index (χ3n) is 1.55. The van der Waals surface area contributed by atoms with E-state index in [9.17, 15) is 4.79 Å². The number of allylic oxidation sites excluding steroid dienone is 1. The van der Waals surface area contributed by atoms with E-state index in [1.165, 1.54) is 6.92 Å². The zero-order chi connectivity index (χ0) is 10.4. The summed E-state index contributed by atoms with van der Waals surface area (Å²) >= 11 is 0. The summed E-state index contributed by atoms with van der Waals surface area (Å²) in [6, 6.07) is 9.36. The van der Waals surface area contributed by atoms with Crippen molar-refractivity contribution in [1.29, 1.82) is 0 Å². The van der Waals surface area contributed by atoms with Gasteiger partial charge < -0.3 is 9.84 Å². The zero-order valence-corrected chi connectivity index (χ0v) is 9.31. The number of benzene rings is 1. The molecule has 1 aromatic rings. The molecule has 0 heterocycles. The molecule has 1 radical (unpaired) electrons. The van der Waals surface area contributed by atoms with E-state index >= 15 is 0 Å². The Balaban J connectivity index is 0.00000196. The predicted octanol–water partition coefficient (Wildman–Crippen LogP) is 2.19. The fourth-order valence-electron chi connectivity index (χ4n) is 0.941. The van der Waals surface area contributed by atoms with E-state index in [0.717, 1.165) is 11.6 Å². The minimum atomic E-state index is -0.533. The monoisotopic (exact) mass is 251 g/mol. The first kappa shape index (κ1) is 13.7. The quantitative estimate of drug-likeness (QED) is 0.509. The minimum absolute atomic E-state index is 0. The topological polar surface area (TPSA) is 46.5 Å². The van der Waals surface area contributed by atoms with Crippen LogP contribution in [0.25, 0.3) is 0 Å². The maximum absolute atomic E-state index is 11.0. The Kier molecular flexibility index (Phi) is 6.49. The molecule has 0 atom stereocenters. The largest absolute Gasteiger partial charge is 0.512 e. The number of hydrogen-bond donors (Lipinski definition) is 1. The van der Waals surface area contributed by atoms with Crippen molar-refractivity contribution >= 4 is 5.97 Å². The smallest absolute Gasteiger partial charge is 0.334 e. The third-order valence-corrected chi connectivity index (χ3v) is 1.55. The Hall–Kier alpha value is -1.26. The molecule has 0 bridgehead atoms. The van der Waals surface area contributed by atoms with Crippen LogP contribution in [0.15, 0.2) is 42.2 Å². The number of carbonyl (C=O) groups excluding carboxylic acids is 1. The van der Waals surface area contributed by atoms with Crippen LogP contribution in [-0.4, -0.2) is 11.1 Å². The fourth-order valence-corrected chi connectivity index (χ4v) is 0.941. The standard InChI is InChI=1S/C11H12O3.Co/c1-9(12)7-11(13)14-8-10-5-3-2-4-6-10;/h2-7,12H,8H2,1H3;/b9-7-;. The summed E-state index contributed by atoms with van der Waals surface area (Å²) in [4.78, 5) is 11.0. The van der Waals surface area contributed by atoms with Gasteiger partial charge in [-0.15, -0.1) is 0 Å². The van der Waals surface area contributed by atoms with E-state index in [2.05, 4.69) is 0 Å². The van der Waals surface area contributed by atoms with Gasteiger partial charge >= 0.3 is 5.97 Å². The number of aliphatic hydroxyl groups is 1. The second kappa shape index (κ2) is 7.08. The Bertz CT molecular complexity index is 329. The van der Waals surface area contributed by atoms with Crippen LogP contribution in [0.2, 0.25) is 0 Å². The number of ether oxygens (including phenoxy) is 1. The van der Waals surface area contributed by atoms with Crippen molar-refractivity contribution < 1.29 is 31.4 Å². The first-order chi connectivity index (χ1) is 6.68. The molecule has 0 fully saturated rings. The molecule has 4 heteroatoms. The van der Waals surface area contributed by atoms with E-state index in [1.54, 1.807) is 0 Å². The van der Waals surface area contributed by atoms with E-state index in [4.69, 9.17) is 9.84 Å². The third kappa shape index (κ3) is 5.93. The predicted molar refractivity (Wildman–Crippen MR) is 52.6 cm³/mol. The van der Waals surface area contributed by atoms with Gasteiger partial charge in [0.15, 0.2) is 0 Å². The normalized spacial score (nSPS) is 10.3. The van der Waals surface area contributed by atoms with Crippen LogP contribution < -0.4 is 0 Å². The number of carbonyl (C=O) groups is 1. The van der Waals surface area contributed by atoms with Crippen molar-refractivity contribution in [1.82, 2.24) is 0 Å². The van der Waals surface area contributed by atoms with Crippen LogP contribution in [0.3, 0.4) is 0 Å². The Morgan fingerprint density at radius 2 is 2.00 bits per heavy atom. The van der Waals surface area contributed by atoms with Crippen molar-refractivity contribution in [3.63, 3.8) is 0 Å². The van der Waals surface area contributed by atoms with Crippen LogP contribution >= 0.6 is 0 Å². The second-order valence-corrected chi connectivity index (χ2v) is 2.88. The molecule has 0 unspecified atom stereocenters. The average Bonchev–Trinajstić information content (AvgIpc) is 2.15. The summed E-state index contributed by atoms with van der Waals surface area (Å²) < 4.78 is 4.86. The molecule has 15 heavy (non-hydrogen) atoms. The Morgan fingerprint density at radius 3 is 2.53 bits per heavy atom. The first-order valence-corrected chi connectivity index (χ1v) is 4.26. The van der Waals surface area contributed by atoms with Gasteiger partial charge in [-0.25, -0.2) is 4.79 Å². The molecule has 0 saturated carbocycles. The Morgan fingerprint density at radius 1 is 1.40 bits per heavy atom. The van der Waals surface area contributed by atoms with Crippen LogP contribution in [0.1, 0.15) is 12.5 Å². The fraction of sp³-hybridized carbons (Fsp3) is 0.182. The van der Waals surface area contributed by atoms with E-state index in [0.29, 0.717) is 0 Å². The maximum atomic E-state index is 11.0. The molecule has 0 aliphatic rings. The number of aliphatic hydroxyl groups excluding tert-OH is 1.